The van der Waals surface area contributed by atoms with Crippen molar-refractivity contribution in [2.45, 2.75) is 0 Å². The number of rotatable bonds is 3. The average molecular weight is 319 g/mol. The second-order valence-corrected chi connectivity index (χ2v) is 4.44. The molecule has 0 amide bonds. The number of nitriles is 1. The predicted molar refractivity (Wildman–Crippen MR) is 72.0 cm³/mol. The van der Waals surface area contributed by atoms with Crippen molar-refractivity contribution < 1.29 is 9.66 Å². The highest BCUT2D eigenvalue weighted by atomic mass is 79.9. The van der Waals surface area contributed by atoms with E-state index in [4.69, 9.17) is 10.00 Å². The van der Waals surface area contributed by atoms with Crippen molar-refractivity contribution in [2.24, 2.45) is 0 Å². The van der Waals surface area contributed by atoms with Gasteiger partial charge >= 0.3 is 5.69 Å². The van der Waals surface area contributed by atoms with E-state index < -0.39 is 4.92 Å². The van der Waals surface area contributed by atoms with Crippen LogP contribution in [-0.4, -0.2) is 4.92 Å². The zero-order chi connectivity index (χ0) is 13.8. The molecule has 0 saturated carbocycles. The van der Waals surface area contributed by atoms with Gasteiger partial charge in [0.25, 0.3) is 0 Å². The first-order valence-corrected chi connectivity index (χ1v) is 6.02. The van der Waals surface area contributed by atoms with E-state index >= 15 is 0 Å². The summed E-state index contributed by atoms with van der Waals surface area (Å²) < 4.78 is 6.06. The molecule has 0 spiro atoms. The van der Waals surface area contributed by atoms with E-state index in [1.807, 2.05) is 6.07 Å². The van der Waals surface area contributed by atoms with Crippen LogP contribution in [0.4, 0.5) is 5.69 Å². The number of benzene rings is 2. The Bertz CT molecular complexity index is 680. The quantitative estimate of drug-likeness (QED) is 0.632. The van der Waals surface area contributed by atoms with Gasteiger partial charge in [-0.15, -0.1) is 0 Å². The lowest BCUT2D eigenvalue weighted by Gasteiger charge is -2.08. The van der Waals surface area contributed by atoms with Crippen molar-refractivity contribution in [3.63, 3.8) is 0 Å². The van der Waals surface area contributed by atoms with Crippen molar-refractivity contribution in [1.82, 2.24) is 0 Å². The lowest BCUT2D eigenvalue weighted by Crippen LogP contribution is -1.93. The van der Waals surface area contributed by atoms with E-state index in [1.54, 1.807) is 30.3 Å². The number of para-hydroxylation sites is 2. The van der Waals surface area contributed by atoms with E-state index in [9.17, 15) is 10.1 Å². The van der Waals surface area contributed by atoms with Crippen LogP contribution in [0.2, 0.25) is 0 Å². The number of ether oxygens (including phenoxy) is 1. The summed E-state index contributed by atoms with van der Waals surface area (Å²) in [5, 5.41) is 19.6. The van der Waals surface area contributed by atoms with Gasteiger partial charge in [-0.1, -0.05) is 12.1 Å². The van der Waals surface area contributed by atoms with Crippen molar-refractivity contribution >= 4 is 21.6 Å². The van der Waals surface area contributed by atoms with Gasteiger partial charge in [0.15, 0.2) is 0 Å². The van der Waals surface area contributed by atoms with Crippen LogP contribution in [0.3, 0.4) is 0 Å². The first-order chi connectivity index (χ1) is 9.11. The van der Waals surface area contributed by atoms with E-state index in [0.717, 1.165) is 0 Å². The van der Waals surface area contributed by atoms with E-state index in [2.05, 4.69) is 15.9 Å². The van der Waals surface area contributed by atoms with Gasteiger partial charge < -0.3 is 4.74 Å². The maximum Gasteiger partial charge on any atom is 0.311 e. The smallest absolute Gasteiger partial charge is 0.311 e. The fourth-order valence-corrected chi connectivity index (χ4v) is 1.93. The first kappa shape index (κ1) is 13.1. The van der Waals surface area contributed by atoms with Crippen LogP contribution in [0.15, 0.2) is 46.9 Å². The topological polar surface area (TPSA) is 76.2 Å². The number of halogens is 1. The molecule has 19 heavy (non-hydrogen) atoms. The third-order valence-electron chi connectivity index (χ3n) is 2.34. The highest BCUT2D eigenvalue weighted by Gasteiger charge is 2.15. The molecular formula is C13H7BrN2O3. The Morgan fingerprint density at radius 3 is 2.58 bits per heavy atom. The molecular weight excluding hydrogens is 312 g/mol. The number of hydrogen-bond donors (Lipinski definition) is 0. The van der Waals surface area contributed by atoms with Crippen molar-refractivity contribution in [2.75, 3.05) is 0 Å². The molecule has 0 aromatic heterocycles. The highest BCUT2D eigenvalue weighted by molar-refractivity contribution is 9.10. The average Bonchev–Trinajstić information content (AvgIpc) is 2.41. The monoisotopic (exact) mass is 318 g/mol. The van der Waals surface area contributed by atoms with Crippen molar-refractivity contribution in [1.29, 1.82) is 5.26 Å². The number of hydrogen-bond acceptors (Lipinski definition) is 4. The molecule has 0 aliphatic carbocycles. The fraction of sp³-hybridized carbons (Fsp3) is 0. The summed E-state index contributed by atoms with van der Waals surface area (Å²) in [5.74, 6) is 0.561. The minimum Gasteiger partial charge on any atom is -0.449 e. The van der Waals surface area contributed by atoms with Gasteiger partial charge in [0, 0.05) is 6.07 Å². The van der Waals surface area contributed by atoms with Gasteiger partial charge in [-0.05, 0) is 40.2 Å². The molecule has 0 heterocycles. The molecule has 0 aliphatic heterocycles. The molecule has 5 nitrogen and oxygen atoms in total. The lowest BCUT2D eigenvalue weighted by molar-refractivity contribution is -0.385. The Hall–Kier alpha value is -2.39. The van der Waals surface area contributed by atoms with Crippen LogP contribution < -0.4 is 4.74 Å². The summed E-state index contributed by atoms with van der Waals surface area (Å²) in [6, 6.07) is 12.8. The molecule has 6 heteroatoms. The fourth-order valence-electron chi connectivity index (χ4n) is 1.47. The van der Waals surface area contributed by atoms with Crippen molar-refractivity contribution in [3.05, 3.63) is 62.6 Å². The summed E-state index contributed by atoms with van der Waals surface area (Å²) in [4.78, 5) is 10.4. The molecule has 0 atom stereocenters. The molecule has 2 rings (SSSR count). The van der Waals surface area contributed by atoms with E-state index in [-0.39, 0.29) is 11.4 Å². The van der Waals surface area contributed by atoms with Gasteiger partial charge in [0.2, 0.25) is 5.75 Å². The zero-order valence-corrected chi connectivity index (χ0v) is 11.1. The largest absolute Gasteiger partial charge is 0.449 e. The maximum atomic E-state index is 10.9. The van der Waals surface area contributed by atoms with Gasteiger partial charge in [-0.25, -0.2) is 0 Å². The normalized spacial score (nSPS) is 9.68. The van der Waals surface area contributed by atoms with Gasteiger partial charge in [0.1, 0.15) is 5.75 Å². The standard InChI is InChI=1S/C13H7BrN2O3/c14-10-7-9(8-15)5-6-12(10)19-13-4-2-1-3-11(13)16(17)18/h1-7H. The molecule has 0 saturated heterocycles. The second-order valence-electron chi connectivity index (χ2n) is 3.58. The minimum atomic E-state index is -0.507. The number of nitro groups is 1. The summed E-state index contributed by atoms with van der Waals surface area (Å²) >= 11 is 3.26. The van der Waals surface area contributed by atoms with Gasteiger partial charge in [-0.3, -0.25) is 10.1 Å². The van der Waals surface area contributed by atoms with Crippen LogP contribution in [0.1, 0.15) is 5.56 Å². The predicted octanol–water partition coefficient (Wildman–Crippen LogP) is 4.02. The van der Waals surface area contributed by atoms with Gasteiger partial charge in [0.05, 0.1) is 21.0 Å². The highest BCUT2D eigenvalue weighted by Crippen LogP contribution is 2.34. The van der Waals surface area contributed by atoms with Crippen LogP contribution in [0.5, 0.6) is 11.5 Å². The molecule has 2 aromatic rings. The third kappa shape index (κ3) is 2.89. The SMILES string of the molecule is N#Cc1ccc(Oc2ccccc2[N+](=O)[O-])c(Br)c1. The van der Waals surface area contributed by atoms with Crippen LogP contribution in [-0.2, 0) is 0 Å². The summed E-state index contributed by atoms with van der Waals surface area (Å²) in [6.45, 7) is 0. The van der Waals surface area contributed by atoms with E-state index in [0.29, 0.717) is 15.8 Å². The molecule has 0 N–H and O–H groups in total. The van der Waals surface area contributed by atoms with Crippen molar-refractivity contribution in [3.8, 4) is 17.6 Å². The third-order valence-corrected chi connectivity index (χ3v) is 2.96. The number of nitrogens with zero attached hydrogens (tertiary/aromatic N) is 2. The Morgan fingerprint density at radius 2 is 1.95 bits per heavy atom. The van der Waals surface area contributed by atoms with Crippen LogP contribution in [0.25, 0.3) is 0 Å². The second kappa shape index (κ2) is 5.50. The summed E-state index contributed by atoms with van der Waals surface area (Å²) in [6.07, 6.45) is 0. The molecule has 0 aliphatic rings. The van der Waals surface area contributed by atoms with E-state index in [1.165, 1.54) is 12.1 Å². The summed E-state index contributed by atoms with van der Waals surface area (Å²) in [5.41, 5.74) is 0.362. The molecule has 0 radical (unpaired) electrons. The minimum absolute atomic E-state index is 0.112. The Kier molecular flexibility index (Phi) is 3.78. The molecule has 0 fully saturated rings. The first-order valence-electron chi connectivity index (χ1n) is 5.22. The Morgan fingerprint density at radius 1 is 1.21 bits per heavy atom. The lowest BCUT2D eigenvalue weighted by atomic mass is 10.2. The maximum absolute atomic E-state index is 10.9. The Balaban J connectivity index is 2.37. The molecule has 94 valence electrons. The zero-order valence-electron chi connectivity index (χ0n) is 9.54. The Labute approximate surface area is 117 Å². The molecule has 0 bridgehead atoms. The van der Waals surface area contributed by atoms with Gasteiger partial charge in [-0.2, -0.15) is 5.26 Å². The molecule has 0 unspecified atom stereocenters. The number of nitro benzene ring substituents is 1. The summed E-state index contributed by atoms with van der Waals surface area (Å²) in [7, 11) is 0. The van der Waals surface area contributed by atoms with Crippen LogP contribution in [0, 0.1) is 21.4 Å². The van der Waals surface area contributed by atoms with Crippen LogP contribution >= 0.6 is 15.9 Å². The molecule has 2 aromatic carbocycles.